The molecule has 0 unspecified atom stereocenters. The second-order valence-corrected chi connectivity index (χ2v) is 9.49. The maximum atomic E-state index is 11.9. The van der Waals surface area contributed by atoms with Crippen LogP contribution >= 0.6 is 0 Å². The molecule has 1 amide bonds. The Morgan fingerprint density at radius 2 is 1.85 bits per heavy atom. The Bertz CT molecular complexity index is 736. The van der Waals surface area contributed by atoms with Gasteiger partial charge in [-0.2, -0.15) is 5.10 Å². The summed E-state index contributed by atoms with van der Waals surface area (Å²) in [4.78, 5) is 14.3. The van der Waals surface area contributed by atoms with Crippen molar-refractivity contribution < 1.29 is 13.2 Å². The Labute approximate surface area is 155 Å². The van der Waals surface area contributed by atoms with Gasteiger partial charge in [0.2, 0.25) is 5.91 Å². The fraction of sp³-hybridized carbons (Fsp3) is 0.579. The topological polar surface area (TPSA) is 78.8 Å². The van der Waals surface area contributed by atoms with E-state index in [2.05, 4.69) is 27.6 Å². The molecular formula is C19H27N3O3S. The van der Waals surface area contributed by atoms with Gasteiger partial charge in [0, 0.05) is 25.2 Å². The maximum absolute atomic E-state index is 11.9. The van der Waals surface area contributed by atoms with Crippen molar-refractivity contribution in [2.24, 2.45) is 11.0 Å². The summed E-state index contributed by atoms with van der Waals surface area (Å²) in [6.45, 7) is 2.22. The van der Waals surface area contributed by atoms with E-state index >= 15 is 0 Å². The summed E-state index contributed by atoms with van der Waals surface area (Å²) >= 11 is 0. The highest BCUT2D eigenvalue weighted by Crippen LogP contribution is 2.21. The van der Waals surface area contributed by atoms with E-state index in [1.807, 2.05) is 12.1 Å². The molecule has 0 saturated carbocycles. The van der Waals surface area contributed by atoms with E-state index in [-0.39, 0.29) is 29.8 Å². The van der Waals surface area contributed by atoms with E-state index in [0.717, 1.165) is 18.7 Å². The normalized spacial score (nSPS) is 23.1. The molecule has 142 valence electrons. The molecule has 6 nitrogen and oxygen atoms in total. The molecule has 0 aromatic heterocycles. The number of hydrazone groups is 1. The predicted octanol–water partition coefficient (Wildman–Crippen LogP) is 2.34. The number of hydrogen-bond acceptors (Lipinski definition) is 5. The molecular weight excluding hydrogens is 350 g/mol. The van der Waals surface area contributed by atoms with Crippen LogP contribution in [0.5, 0.6) is 0 Å². The summed E-state index contributed by atoms with van der Waals surface area (Å²) in [5.74, 6) is -0.00713. The summed E-state index contributed by atoms with van der Waals surface area (Å²) in [7, 11) is -2.94. The number of amides is 1. The Morgan fingerprint density at radius 1 is 1.15 bits per heavy atom. The Kier molecular flexibility index (Phi) is 6.29. The number of nitrogens with one attached hydrogen (secondary N) is 1. The van der Waals surface area contributed by atoms with Gasteiger partial charge in [-0.05, 0) is 42.9 Å². The molecule has 0 aliphatic carbocycles. The largest absolute Gasteiger partial charge is 0.372 e. The maximum Gasteiger partial charge on any atom is 0.240 e. The first-order valence-electron chi connectivity index (χ1n) is 9.39. The van der Waals surface area contributed by atoms with Gasteiger partial charge in [-0.1, -0.05) is 25.0 Å². The molecule has 1 aromatic carbocycles. The quantitative estimate of drug-likeness (QED) is 0.631. The van der Waals surface area contributed by atoms with Crippen LogP contribution in [0.3, 0.4) is 0 Å². The number of carbonyl (C=O) groups excluding carboxylic acids is 1. The summed E-state index contributed by atoms with van der Waals surface area (Å²) < 4.78 is 22.8. The number of sulfone groups is 1. The minimum Gasteiger partial charge on any atom is -0.372 e. The number of rotatable bonds is 5. The number of carbonyl (C=O) groups is 1. The average Bonchev–Trinajstić information content (AvgIpc) is 2.81. The molecule has 26 heavy (non-hydrogen) atoms. The van der Waals surface area contributed by atoms with Crippen LogP contribution in [0.15, 0.2) is 29.4 Å². The third-order valence-electron chi connectivity index (χ3n) is 5.07. The molecule has 0 spiro atoms. The first kappa shape index (κ1) is 18.9. The van der Waals surface area contributed by atoms with Crippen molar-refractivity contribution in [2.75, 3.05) is 29.5 Å². The highest BCUT2D eigenvalue weighted by Gasteiger charge is 2.29. The highest BCUT2D eigenvalue weighted by molar-refractivity contribution is 7.91. The SMILES string of the molecule is O=C(C[C@H]1CCS(=O)(=O)C1)N/N=C\c1ccc(N2CCCCCC2)cc1. The molecule has 3 rings (SSSR count). The Balaban J connectivity index is 1.47. The van der Waals surface area contributed by atoms with Crippen LogP contribution in [-0.4, -0.2) is 45.1 Å². The van der Waals surface area contributed by atoms with Gasteiger partial charge in [0.05, 0.1) is 17.7 Å². The van der Waals surface area contributed by atoms with Crippen molar-refractivity contribution in [3.63, 3.8) is 0 Å². The van der Waals surface area contributed by atoms with E-state index in [1.165, 1.54) is 31.4 Å². The lowest BCUT2D eigenvalue weighted by atomic mass is 10.1. The van der Waals surface area contributed by atoms with Gasteiger partial charge in [0.15, 0.2) is 9.84 Å². The molecule has 0 radical (unpaired) electrons. The molecule has 0 bridgehead atoms. The zero-order valence-corrected chi connectivity index (χ0v) is 15.9. The zero-order chi connectivity index (χ0) is 18.4. The summed E-state index contributed by atoms with van der Waals surface area (Å²) in [5.41, 5.74) is 4.65. The number of benzene rings is 1. The second-order valence-electron chi connectivity index (χ2n) is 7.26. The van der Waals surface area contributed by atoms with Gasteiger partial charge in [-0.25, -0.2) is 13.8 Å². The highest BCUT2D eigenvalue weighted by atomic mass is 32.2. The third-order valence-corrected chi connectivity index (χ3v) is 6.90. The van der Waals surface area contributed by atoms with E-state index in [1.54, 1.807) is 6.21 Å². The van der Waals surface area contributed by atoms with Gasteiger partial charge in [-0.3, -0.25) is 4.79 Å². The fourth-order valence-electron chi connectivity index (χ4n) is 3.62. The lowest BCUT2D eigenvalue weighted by molar-refractivity contribution is -0.121. The van der Waals surface area contributed by atoms with Crippen LogP contribution in [0, 0.1) is 5.92 Å². The molecule has 2 saturated heterocycles. The number of anilines is 1. The minimum atomic E-state index is -2.94. The van der Waals surface area contributed by atoms with Crippen molar-refractivity contribution in [3.05, 3.63) is 29.8 Å². The molecule has 2 fully saturated rings. The van der Waals surface area contributed by atoms with Crippen LogP contribution in [0.25, 0.3) is 0 Å². The molecule has 2 aliphatic heterocycles. The Hall–Kier alpha value is -1.89. The molecule has 1 atom stereocenters. The standard InChI is InChI=1S/C19H27N3O3S/c23-19(13-17-9-12-26(24,25)15-17)21-20-14-16-5-7-18(8-6-16)22-10-3-1-2-4-11-22/h5-8,14,17H,1-4,9-13,15H2,(H,21,23)/b20-14-/t17-/m1/s1. The lowest BCUT2D eigenvalue weighted by Crippen LogP contribution is -2.23. The van der Waals surface area contributed by atoms with Crippen LogP contribution in [0.2, 0.25) is 0 Å². The van der Waals surface area contributed by atoms with Gasteiger partial charge < -0.3 is 4.90 Å². The molecule has 2 aliphatic rings. The average molecular weight is 378 g/mol. The molecule has 1 aromatic rings. The van der Waals surface area contributed by atoms with E-state index in [4.69, 9.17) is 0 Å². The van der Waals surface area contributed by atoms with Gasteiger partial charge in [0.1, 0.15) is 0 Å². The Morgan fingerprint density at radius 3 is 2.46 bits per heavy atom. The van der Waals surface area contributed by atoms with E-state index in [9.17, 15) is 13.2 Å². The van der Waals surface area contributed by atoms with Crippen molar-refractivity contribution in [2.45, 2.75) is 38.5 Å². The molecule has 1 N–H and O–H groups in total. The predicted molar refractivity (Wildman–Crippen MR) is 104 cm³/mol. The van der Waals surface area contributed by atoms with Crippen LogP contribution in [-0.2, 0) is 14.6 Å². The third kappa shape index (κ3) is 5.56. The monoisotopic (exact) mass is 377 g/mol. The molecule has 2 heterocycles. The van der Waals surface area contributed by atoms with Crippen molar-refractivity contribution >= 4 is 27.6 Å². The first-order chi connectivity index (χ1) is 12.5. The van der Waals surface area contributed by atoms with Crippen LogP contribution in [0.4, 0.5) is 5.69 Å². The van der Waals surface area contributed by atoms with Crippen molar-refractivity contribution in [1.82, 2.24) is 5.43 Å². The van der Waals surface area contributed by atoms with Gasteiger partial charge in [-0.15, -0.1) is 0 Å². The minimum absolute atomic E-state index is 0.0805. The first-order valence-corrected chi connectivity index (χ1v) is 11.2. The number of nitrogens with zero attached hydrogens (tertiary/aromatic N) is 2. The lowest BCUT2D eigenvalue weighted by Gasteiger charge is -2.22. The summed E-state index contributed by atoms with van der Waals surface area (Å²) in [6, 6.07) is 8.19. The van der Waals surface area contributed by atoms with Crippen molar-refractivity contribution in [1.29, 1.82) is 0 Å². The van der Waals surface area contributed by atoms with Crippen LogP contribution < -0.4 is 10.3 Å². The summed E-state index contributed by atoms with van der Waals surface area (Å²) in [5, 5.41) is 3.99. The zero-order valence-electron chi connectivity index (χ0n) is 15.1. The van der Waals surface area contributed by atoms with Crippen LogP contribution in [0.1, 0.15) is 44.1 Å². The second kappa shape index (κ2) is 8.66. The summed E-state index contributed by atoms with van der Waals surface area (Å²) in [6.07, 6.45) is 7.52. The van der Waals surface area contributed by atoms with Gasteiger partial charge in [0.25, 0.3) is 0 Å². The van der Waals surface area contributed by atoms with Crippen molar-refractivity contribution in [3.8, 4) is 0 Å². The number of hydrogen-bond donors (Lipinski definition) is 1. The van der Waals surface area contributed by atoms with E-state index < -0.39 is 9.84 Å². The molecule has 7 heteroatoms. The smallest absolute Gasteiger partial charge is 0.240 e. The van der Waals surface area contributed by atoms with E-state index in [0.29, 0.717) is 6.42 Å². The fourth-order valence-corrected chi connectivity index (χ4v) is 5.48. The van der Waals surface area contributed by atoms with Gasteiger partial charge >= 0.3 is 0 Å².